The van der Waals surface area contributed by atoms with Gasteiger partial charge >= 0.3 is 5.69 Å². The predicted octanol–water partition coefficient (Wildman–Crippen LogP) is 1.68. The van der Waals surface area contributed by atoms with E-state index in [0.717, 1.165) is 37.2 Å². The van der Waals surface area contributed by atoms with Crippen molar-refractivity contribution in [2.45, 2.75) is 32.0 Å². The van der Waals surface area contributed by atoms with Crippen LogP contribution in [0.4, 0.5) is 5.95 Å². The number of likely N-dealkylation sites (tertiary alicyclic amines) is 1. The molecule has 12 heteroatoms. The average Bonchev–Trinajstić information content (AvgIpc) is 3.68. The lowest BCUT2D eigenvalue weighted by Gasteiger charge is -2.18. The van der Waals surface area contributed by atoms with Crippen molar-refractivity contribution < 1.29 is 9.53 Å². The molecule has 3 aromatic heterocycles. The number of hydrogen-bond acceptors (Lipinski definition) is 8. The van der Waals surface area contributed by atoms with E-state index in [2.05, 4.69) is 20.2 Å². The lowest BCUT2D eigenvalue weighted by molar-refractivity contribution is -0.129. The largest absolute Gasteiger partial charge is 0.497 e. The SMILES string of the molecule is COc1ccc(Cn2c(=O)n(C3CCN(CC(=O)N(C)C)C3)c3cnc(NCCCn4ccnc4)nc32)cc1. The molecule has 1 aliphatic rings. The number of aryl methyl sites for hydroxylation is 1. The number of carbonyl (C=O) groups excluding carboxylic acids is 1. The highest BCUT2D eigenvalue weighted by Crippen LogP contribution is 2.25. The van der Waals surface area contributed by atoms with Gasteiger partial charge in [-0.25, -0.2) is 14.8 Å². The number of anilines is 1. The highest BCUT2D eigenvalue weighted by molar-refractivity contribution is 5.77. The molecule has 39 heavy (non-hydrogen) atoms. The minimum atomic E-state index is -0.127. The Labute approximate surface area is 226 Å². The summed E-state index contributed by atoms with van der Waals surface area (Å²) in [6.45, 7) is 3.60. The van der Waals surface area contributed by atoms with Crippen molar-refractivity contribution in [2.75, 3.05) is 52.7 Å². The van der Waals surface area contributed by atoms with Gasteiger partial charge in [0.1, 0.15) is 11.3 Å². The van der Waals surface area contributed by atoms with Crippen molar-refractivity contribution in [3.8, 4) is 5.75 Å². The van der Waals surface area contributed by atoms with E-state index in [4.69, 9.17) is 9.72 Å². The monoisotopic (exact) mass is 533 g/mol. The number of likely N-dealkylation sites (N-methyl/N-ethyl adjacent to an activating group) is 1. The average molecular weight is 534 g/mol. The molecule has 12 nitrogen and oxygen atoms in total. The van der Waals surface area contributed by atoms with E-state index in [1.165, 1.54) is 0 Å². The summed E-state index contributed by atoms with van der Waals surface area (Å²) < 4.78 is 10.8. The van der Waals surface area contributed by atoms with Crippen molar-refractivity contribution in [1.29, 1.82) is 0 Å². The molecule has 1 fully saturated rings. The second-order valence-corrected chi connectivity index (χ2v) is 10.0. The molecule has 1 saturated heterocycles. The topological polar surface area (TPSA) is 115 Å². The zero-order chi connectivity index (χ0) is 27.4. The molecule has 0 radical (unpaired) electrons. The van der Waals surface area contributed by atoms with Gasteiger partial charge in [0.2, 0.25) is 11.9 Å². The smallest absolute Gasteiger partial charge is 0.330 e. The highest BCUT2D eigenvalue weighted by atomic mass is 16.5. The van der Waals surface area contributed by atoms with E-state index < -0.39 is 0 Å². The third kappa shape index (κ3) is 5.95. The fourth-order valence-electron chi connectivity index (χ4n) is 4.93. The number of aromatic nitrogens is 6. The van der Waals surface area contributed by atoms with Crippen molar-refractivity contribution in [3.05, 3.63) is 65.2 Å². The van der Waals surface area contributed by atoms with Crippen molar-refractivity contribution in [1.82, 2.24) is 38.5 Å². The molecule has 0 bridgehead atoms. The second-order valence-electron chi connectivity index (χ2n) is 10.0. The summed E-state index contributed by atoms with van der Waals surface area (Å²) in [5.74, 6) is 1.30. The van der Waals surface area contributed by atoms with Crippen LogP contribution in [0.25, 0.3) is 11.2 Å². The minimum absolute atomic E-state index is 0.0528. The summed E-state index contributed by atoms with van der Waals surface area (Å²) in [5, 5.41) is 3.30. The van der Waals surface area contributed by atoms with Crippen LogP contribution >= 0.6 is 0 Å². The van der Waals surface area contributed by atoms with Gasteiger partial charge in [0, 0.05) is 52.7 Å². The number of methoxy groups -OCH3 is 1. The Kier molecular flexibility index (Phi) is 7.92. The quantitative estimate of drug-likeness (QED) is 0.290. The number of amides is 1. The molecule has 1 unspecified atom stereocenters. The molecule has 206 valence electrons. The number of ether oxygens (including phenoxy) is 1. The van der Waals surface area contributed by atoms with Gasteiger partial charge in [0.15, 0.2) is 5.65 Å². The van der Waals surface area contributed by atoms with Crippen LogP contribution in [0.2, 0.25) is 0 Å². The Balaban J connectivity index is 1.41. The summed E-state index contributed by atoms with van der Waals surface area (Å²) in [4.78, 5) is 43.2. The summed E-state index contributed by atoms with van der Waals surface area (Å²) in [5.41, 5.74) is 2.13. The van der Waals surface area contributed by atoms with Gasteiger partial charge in [-0.15, -0.1) is 0 Å². The van der Waals surface area contributed by atoms with E-state index in [1.807, 2.05) is 39.6 Å². The molecule has 1 aliphatic heterocycles. The molecule has 0 saturated carbocycles. The van der Waals surface area contributed by atoms with Crippen LogP contribution in [0, 0.1) is 0 Å². The number of rotatable bonds is 11. The standard InChI is InChI=1S/C27H35N9O3/c1-32(2)24(37)18-34-13-9-21(17-34)36-23-15-30-26(29-10-4-12-33-14-11-28-19-33)31-25(23)35(27(36)38)16-20-5-7-22(39-3)8-6-20/h5-8,11,14-15,19,21H,4,9-10,12-13,16-18H2,1-3H3,(H,29,30,31). The maximum atomic E-state index is 13.9. The lowest BCUT2D eigenvalue weighted by atomic mass is 10.2. The molecule has 4 heterocycles. The maximum absolute atomic E-state index is 13.9. The zero-order valence-corrected chi connectivity index (χ0v) is 22.7. The van der Waals surface area contributed by atoms with Crippen LogP contribution in [0.5, 0.6) is 5.75 Å². The Bertz CT molecular complexity index is 1460. The van der Waals surface area contributed by atoms with Gasteiger partial charge in [0.05, 0.1) is 38.8 Å². The first-order chi connectivity index (χ1) is 18.9. The molecule has 1 amide bonds. The molecule has 0 aliphatic carbocycles. The first-order valence-electron chi connectivity index (χ1n) is 13.2. The molecule has 5 rings (SSSR count). The van der Waals surface area contributed by atoms with Crippen LogP contribution < -0.4 is 15.7 Å². The predicted molar refractivity (Wildman–Crippen MR) is 148 cm³/mol. The second kappa shape index (κ2) is 11.7. The van der Waals surface area contributed by atoms with Gasteiger partial charge in [-0.1, -0.05) is 12.1 Å². The number of hydrogen-bond donors (Lipinski definition) is 1. The normalized spacial score (nSPS) is 15.6. The van der Waals surface area contributed by atoms with E-state index in [-0.39, 0.29) is 17.6 Å². The van der Waals surface area contributed by atoms with E-state index >= 15 is 0 Å². The fraction of sp³-hybridized carbons (Fsp3) is 0.444. The van der Waals surface area contributed by atoms with Gasteiger partial charge in [-0.2, -0.15) is 4.98 Å². The molecule has 0 spiro atoms. The summed E-state index contributed by atoms with van der Waals surface area (Å²) in [7, 11) is 5.15. The maximum Gasteiger partial charge on any atom is 0.330 e. The van der Waals surface area contributed by atoms with E-state index in [9.17, 15) is 9.59 Å². The number of carbonyl (C=O) groups is 1. The first-order valence-corrected chi connectivity index (χ1v) is 13.2. The van der Waals surface area contributed by atoms with Crippen LogP contribution in [-0.4, -0.2) is 91.7 Å². The zero-order valence-electron chi connectivity index (χ0n) is 22.7. The Morgan fingerprint density at radius 1 is 1.23 bits per heavy atom. The number of imidazole rings is 2. The first kappa shape index (κ1) is 26.4. The van der Waals surface area contributed by atoms with Crippen molar-refractivity contribution >= 4 is 23.0 Å². The fourth-order valence-corrected chi connectivity index (χ4v) is 4.93. The molecule has 1 atom stereocenters. The third-order valence-electron chi connectivity index (χ3n) is 7.11. The molecular weight excluding hydrogens is 498 g/mol. The van der Waals surface area contributed by atoms with Crippen LogP contribution in [-0.2, 0) is 17.9 Å². The van der Waals surface area contributed by atoms with Gasteiger partial charge in [0.25, 0.3) is 0 Å². The molecule has 1 N–H and O–H groups in total. The number of benzene rings is 1. The Hall–Kier alpha value is -4.19. The van der Waals surface area contributed by atoms with Gasteiger partial charge in [-0.3, -0.25) is 18.8 Å². The van der Waals surface area contributed by atoms with E-state index in [1.54, 1.807) is 49.4 Å². The van der Waals surface area contributed by atoms with Gasteiger partial charge in [-0.05, 0) is 30.5 Å². The highest BCUT2D eigenvalue weighted by Gasteiger charge is 2.30. The summed E-state index contributed by atoms with van der Waals surface area (Å²) >= 11 is 0. The minimum Gasteiger partial charge on any atom is -0.497 e. The molecular formula is C27H35N9O3. The van der Waals surface area contributed by atoms with Crippen molar-refractivity contribution in [2.24, 2.45) is 0 Å². The number of nitrogens with zero attached hydrogens (tertiary/aromatic N) is 8. The number of fused-ring (bicyclic) bond motifs is 1. The molecule has 4 aromatic rings. The summed E-state index contributed by atoms with van der Waals surface area (Å²) in [6, 6.07) is 7.62. The summed E-state index contributed by atoms with van der Waals surface area (Å²) in [6.07, 6.45) is 8.88. The van der Waals surface area contributed by atoms with Crippen LogP contribution in [0.1, 0.15) is 24.4 Å². The Morgan fingerprint density at radius 2 is 2.05 bits per heavy atom. The van der Waals surface area contributed by atoms with Crippen LogP contribution in [0.15, 0.2) is 54.0 Å². The number of nitrogens with one attached hydrogen (secondary N) is 1. The van der Waals surface area contributed by atoms with E-state index in [0.29, 0.717) is 43.3 Å². The Morgan fingerprint density at radius 3 is 2.77 bits per heavy atom. The van der Waals surface area contributed by atoms with Crippen LogP contribution in [0.3, 0.4) is 0 Å². The lowest BCUT2D eigenvalue weighted by Crippen LogP contribution is -2.36. The van der Waals surface area contributed by atoms with Crippen molar-refractivity contribution in [3.63, 3.8) is 0 Å². The third-order valence-corrected chi connectivity index (χ3v) is 7.11. The molecule has 1 aromatic carbocycles. The van der Waals surface area contributed by atoms with Gasteiger partial charge < -0.3 is 19.5 Å².